The van der Waals surface area contributed by atoms with Gasteiger partial charge in [-0.05, 0) is 35.4 Å². The van der Waals surface area contributed by atoms with E-state index in [9.17, 15) is 4.79 Å². The van der Waals surface area contributed by atoms with Crippen LogP contribution in [0.15, 0.2) is 52.4 Å². The fourth-order valence-electron chi connectivity index (χ4n) is 3.30. The Hall–Kier alpha value is -2.51. The predicted octanol–water partition coefficient (Wildman–Crippen LogP) is 4.64. The lowest BCUT2D eigenvalue weighted by Gasteiger charge is -2.14. The molecule has 4 aromatic rings. The fourth-order valence-corrected chi connectivity index (χ4v) is 4.97. The summed E-state index contributed by atoms with van der Waals surface area (Å²) in [6.45, 7) is 1.36. The third-order valence-electron chi connectivity index (χ3n) is 4.65. The fraction of sp³-hybridized carbons (Fsp3) is 0.211. The smallest absolute Gasteiger partial charge is 0.267 e. The Labute approximate surface area is 157 Å². The minimum atomic E-state index is 0.0932. The lowest BCUT2D eigenvalue weighted by atomic mass is 10.1. The minimum Gasteiger partial charge on any atom is -0.337 e. The Kier molecular flexibility index (Phi) is 3.83. The molecule has 1 aliphatic heterocycles. The Morgan fingerprint density at radius 3 is 3.00 bits per heavy atom. The van der Waals surface area contributed by atoms with E-state index in [0.29, 0.717) is 18.3 Å². The van der Waals surface area contributed by atoms with Crippen molar-refractivity contribution in [3.63, 3.8) is 0 Å². The lowest BCUT2D eigenvalue weighted by Crippen LogP contribution is -2.27. The summed E-state index contributed by atoms with van der Waals surface area (Å²) in [6, 6.07) is 14.0. The highest BCUT2D eigenvalue weighted by atomic mass is 32.1. The first-order valence-corrected chi connectivity index (χ1v) is 10.1. The molecule has 1 fully saturated rings. The second-order valence-corrected chi connectivity index (χ2v) is 8.35. The second kappa shape index (κ2) is 6.34. The Morgan fingerprint density at radius 1 is 1.23 bits per heavy atom. The summed E-state index contributed by atoms with van der Waals surface area (Å²) in [5, 5.41) is 7.25. The summed E-state index contributed by atoms with van der Waals surface area (Å²) in [4.78, 5) is 21.1. The highest BCUT2D eigenvalue weighted by Gasteiger charge is 2.31. The van der Waals surface area contributed by atoms with Gasteiger partial charge < -0.3 is 9.42 Å². The number of aromatic nitrogens is 2. The van der Waals surface area contributed by atoms with Gasteiger partial charge in [0.1, 0.15) is 0 Å². The van der Waals surface area contributed by atoms with Crippen molar-refractivity contribution in [2.24, 2.45) is 0 Å². The number of benzene rings is 1. The molecule has 1 aliphatic rings. The van der Waals surface area contributed by atoms with Crippen LogP contribution in [0.2, 0.25) is 0 Å². The van der Waals surface area contributed by atoms with Crippen LogP contribution in [0.1, 0.15) is 27.8 Å². The average molecular weight is 381 g/mol. The van der Waals surface area contributed by atoms with Crippen molar-refractivity contribution in [3.8, 4) is 10.8 Å². The summed E-state index contributed by atoms with van der Waals surface area (Å²) >= 11 is 3.13. The van der Waals surface area contributed by atoms with Gasteiger partial charge in [-0.25, -0.2) is 0 Å². The summed E-state index contributed by atoms with van der Waals surface area (Å²) in [6.07, 6.45) is 0.861. The van der Waals surface area contributed by atoms with Crippen molar-refractivity contribution in [1.82, 2.24) is 15.0 Å². The maximum absolute atomic E-state index is 12.9. The summed E-state index contributed by atoms with van der Waals surface area (Å²) < 4.78 is 6.53. The predicted molar refractivity (Wildman–Crippen MR) is 103 cm³/mol. The zero-order valence-electron chi connectivity index (χ0n) is 13.8. The largest absolute Gasteiger partial charge is 0.337 e. The normalized spacial score (nSPS) is 17.2. The monoisotopic (exact) mass is 381 g/mol. The van der Waals surface area contributed by atoms with Crippen molar-refractivity contribution in [1.29, 1.82) is 0 Å². The number of thiophene rings is 2. The quantitative estimate of drug-likeness (QED) is 0.519. The van der Waals surface area contributed by atoms with Crippen molar-refractivity contribution in [3.05, 3.63) is 58.5 Å². The van der Waals surface area contributed by atoms with Crippen LogP contribution in [0.3, 0.4) is 0 Å². The number of hydrogen-bond acceptors (Lipinski definition) is 6. The zero-order chi connectivity index (χ0) is 17.5. The van der Waals surface area contributed by atoms with Gasteiger partial charge in [-0.15, -0.1) is 22.7 Å². The van der Waals surface area contributed by atoms with E-state index in [1.807, 2.05) is 46.7 Å². The van der Waals surface area contributed by atoms with Crippen LogP contribution in [0.25, 0.3) is 20.9 Å². The van der Waals surface area contributed by atoms with Gasteiger partial charge in [-0.3, -0.25) is 4.79 Å². The van der Waals surface area contributed by atoms with Crippen LogP contribution in [0.5, 0.6) is 0 Å². The van der Waals surface area contributed by atoms with E-state index in [2.05, 4.69) is 16.2 Å². The van der Waals surface area contributed by atoms with Crippen LogP contribution in [0, 0.1) is 0 Å². The SMILES string of the molecule is O=C(c1cc2ccccc2s1)N1CC[C@H](c2noc(-c3cccs3)n2)C1. The molecular formula is C19H15N3O2S2. The molecule has 0 radical (unpaired) electrons. The minimum absolute atomic E-state index is 0.0932. The Morgan fingerprint density at radius 2 is 2.15 bits per heavy atom. The Bertz CT molecular complexity index is 1030. The molecule has 1 atom stereocenters. The van der Waals surface area contributed by atoms with E-state index in [0.717, 1.165) is 32.8 Å². The molecule has 0 bridgehead atoms. The van der Waals surface area contributed by atoms with Gasteiger partial charge in [0, 0.05) is 23.7 Å². The first kappa shape index (κ1) is 15.7. The molecule has 0 N–H and O–H groups in total. The maximum atomic E-state index is 12.9. The molecule has 5 nitrogen and oxygen atoms in total. The topological polar surface area (TPSA) is 59.2 Å². The van der Waals surface area contributed by atoms with Gasteiger partial charge in [0.25, 0.3) is 11.8 Å². The van der Waals surface area contributed by atoms with Gasteiger partial charge in [0.15, 0.2) is 5.82 Å². The molecule has 130 valence electrons. The third kappa shape index (κ3) is 2.73. The van der Waals surface area contributed by atoms with E-state index in [1.54, 1.807) is 22.7 Å². The number of carbonyl (C=O) groups excluding carboxylic acids is 1. The van der Waals surface area contributed by atoms with E-state index >= 15 is 0 Å². The summed E-state index contributed by atoms with van der Waals surface area (Å²) in [5.74, 6) is 1.48. The molecule has 0 spiro atoms. The molecular weight excluding hydrogens is 366 g/mol. The average Bonchev–Trinajstić information content (AvgIpc) is 3.47. The summed E-state index contributed by atoms with van der Waals surface area (Å²) in [5.41, 5.74) is 0. The molecule has 0 aliphatic carbocycles. The molecule has 4 heterocycles. The first-order valence-electron chi connectivity index (χ1n) is 8.43. The van der Waals surface area contributed by atoms with Gasteiger partial charge >= 0.3 is 0 Å². The van der Waals surface area contributed by atoms with Crippen molar-refractivity contribution in [2.75, 3.05) is 13.1 Å². The van der Waals surface area contributed by atoms with Crippen LogP contribution >= 0.6 is 22.7 Å². The van der Waals surface area contributed by atoms with Crippen LogP contribution in [-0.2, 0) is 0 Å². The zero-order valence-corrected chi connectivity index (χ0v) is 15.4. The number of fused-ring (bicyclic) bond motifs is 1. The Balaban J connectivity index is 1.33. The molecule has 0 unspecified atom stereocenters. The van der Waals surface area contributed by atoms with E-state index in [1.165, 1.54) is 0 Å². The number of likely N-dealkylation sites (tertiary alicyclic amines) is 1. The van der Waals surface area contributed by atoms with Gasteiger partial charge in [0.05, 0.1) is 9.75 Å². The molecule has 1 aromatic carbocycles. The summed E-state index contributed by atoms with van der Waals surface area (Å²) in [7, 11) is 0. The number of nitrogens with zero attached hydrogens (tertiary/aromatic N) is 3. The van der Waals surface area contributed by atoms with Gasteiger partial charge in [-0.1, -0.05) is 29.4 Å². The number of hydrogen-bond donors (Lipinski definition) is 0. The van der Waals surface area contributed by atoms with E-state index in [4.69, 9.17) is 4.52 Å². The number of rotatable bonds is 3. The number of carbonyl (C=O) groups is 1. The maximum Gasteiger partial charge on any atom is 0.267 e. The lowest BCUT2D eigenvalue weighted by molar-refractivity contribution is 0.0795. The van der Waals surface area contributed by atoms with Crippen molar-refractivity contribution in [2.45, 2.75) is 12.3 Å². The molecule has 3 aromatic heterocycles. The van der Waals surface area contributed by atoms with E-state index in [-0.39, 0.29) is 11.8 Å². The van der Waals surface area contributed by atoms with Crippen LogP contribution in [-0.4, -0.2) is 34.0 Å². The molecule has 1 saturated heterocycles. The number of amides is 1. The van der Waals surface area contributed by atoms with Crippen LogP contribution in [0.4, 0.5) is 0 Å². The molecule has 5 rings (SSSR count). The van der Waals surface area contributed by atoms with Gasteiger partial charge in [-0.2, -0.15) is 4.98 Å². The molecule has 0 saturated carbocycles. The van der Waals surface area contributed by atoms with E-state index < -0.39 is 0 Å². The first-order chi connectivity index (χ1) is 12.8. The highest BCUT2D eigenvalue weighted by molar-refractivity contribution is 7.20. The highest BCUT2D eigenvalue weighted by Crippen LogP contribution is 2.32. The molecule has 7 heteroatoms. The van der Waals surface area contributed by atoms with Crippen LogP contribution < -0.4 is 0 Å². The molecule has 1 amide bonds. The van der Waals surface area contributed by atoms with Gasteiger partial charge in [0.2, 0.25) is 0 Å². The van der Waals surface area contributed by atoms with Crippen molar-refractivity contribution >= 4 is 38.7 Å². The second-order valence-electron chi connectivity index (χ2n) is 6.32. The third-order valence-corrected chi connectivity index (χ3v) is 6.61. The van der Waals surface area contributed by atoms with Crippen molar-refractivity contribution < 1.29 is 9.32 Å². The standard InChI is InChI=1S/C19H15N3O2S2/c23-19(16-10-12-4-1-2-5-14(12)26-16)22-8-7-13(11-22)17-20-18(24-21-17)15-6-3-9-25-15/h1-6,9-10,13H,7-8,11H2/t13-/m0/s1. The molecule has 26 heavy (non-hydrogen) atoms.